The Kier molecular flexibility index (Phi) is 2.18. The summed E-state index contributed by atoms with van der Waals surface area (Å²) in [7, 11) is 0. The van der Waals surface area contributed by atoms with Crippen LogP contribution in [0.1, 0.15) is 16.7 Å². The van der Waals surface area contributed by atoms with Gasteiger partial charge in [0.1, 0.15) is 0 Å². The summed E-state index contributed by atoms with van der Waals surface area (Å²) in [6.07, 6.45) is 1.12. The fourth-order valence-electron chi connectivity index (χ4n) is 2.36. The third kappa shape index (κ3) is 1.37. The molecule has 0 aromatic heterocycles. The molecule has 15 heavy (non-hydrogen) atoms. The van der Waals surface area contributed by atoms with Crippen LogP contribution < -0.4 is 3.27 Å². The molecule has 0 bridgehead atoms. The second-order valence-corrected chi connectivity index (χ2v) is 5.42. The second-order valence-electron chi connectivity index (χ2n) is 4.10. The van der Waals surface area contributed by atoms with E-state index in [1.807, 2.05) is 0 Å². The van der Waals surface area contributed by atoms with Crippen LogP contribution in [0.15, 0.2) is 36.4 Å². The van der Waals surface area contributed by atoms with Crippen molar-refractivity contribution in [3.05, 3.63) is 53.1 Å². The SMILES string of the molecule is Cc1[c]([Zr])ccc2c1Cc1ccccc1-2. The van der Waals surface area contributed by atoms with Gasteiger partial charge in [-0.3, -0.25) is 0 Å². The van der Waals surface area contributed by atoms with Gasteiger partial charge in [-0.2, -0.15) is 0 Å². The summed E-state index contributed by atoms with van der Waals surface area (Å²) in [5.41, 5.74) is 7.42. The number of hydrogen-bond acceptors (Lipinski definition) is 0. The third-order valence-corrected chi connectivity index (χ3v) is 4.60. The minimum atomic E-state index is 1.12. The van der Waals surface area contributed by atoms with E-state index >= 15 is 0 Å². The Morgan fingerprint density at radius 1 is 1.00 bits per heavy atom. The average molecular weight is 270 g/mol. The molecule has 1 heteroatoms. The van der Waals surface area contributed by atoms with Gasteiger partial charge >= 0.3 is 106 Å². The van der Waals surface area contributed by atoms with Gasteiger partial charge in [0.05, 0.1) is 0 Å². The van der Waals surface area contributed by atoms with Gasteiger partial charge in [0.2, 0.25) is 0 Å². The monoisotopic (exact) mass is 269 g/mol. The van der Waals surface area contributed by atoms with Crippen LogP contribution in [0.25, 0.3) is 11.1 Å². The Morgan fingerprint density at radius 3 is 2.67 bits per heavy atom. The predicted molar refractivity (Wildman–Crippen MR) is 59.1 cm³/mol. The summed E-state index contributed by atoms with van der Waals surface area (Å²) in [6, 6.07) is 13.3. The number of rotatable bonds is 0. The first kappa shape index (κ1) is 9.54. The average Bonchev–Trinajstić information content (AvgIpc) is 2.63. The predicted octanol–water partition coefficient (Wildman–Crippen LogP) is 2.74. The van der Waals surface area contributed by atoms with Gasteiger partial charge in [-0.25, -0.2) is 0 Å². The molecule has 0 aliphatic heterocycles. The third-order valence-electron chi connectivity index (χ3n) is 3.27. The molecule has 2 aromatic rings. The van der Waals surface area contributed by atoms with Gasteiger partial charge in [0.25, 0.3) is 0 Å². The van der Waals surface area contributed by atoms with E-state index in [-0.39, 0.29) is 0 Å². The summed E-state index contributed by atoms with van der Waals surface area (Å²) < 4.78 is 1.49. The van der Waals surface area contributed by atoms with Crippen molar-refractivity contribution in [3.63, 3.8) is 0 Å². The van der Waals surface area contributed by atoms with E-state index in [0.29, 0.717) is 0 Å². The molecule has 0 unspecified atom stereocenters. The summed E-state index contributed by atoms with van der Waals surface area (Å²) in [4.78, 5) is 0. The molecule has 2 aromatic carbocycles. The zero-order valence-electron chi connectivity index (χ0n) is 8.67. The zero-order chi connectivity index (χ0) is 10.4. The summed E-state index contributed by atoms with van der Waals surface area (Å²) >= 11 is 1.52. The molecule has 0 N–H and O–H groups in total. The fourth-order valence-corrected chi connectivity index (χ4v) is 2.94. The van der Waals surface area contributed by atoms with Gasteiger partial charge < -0.3 is 0 Å². The summed E-state index contributed by atoms with van der Waals surface area (Å²) in [5.74, 6) is 0. The van der Waals surface area contributed by atoms with Crippen molar-refractivity contribution in [2.75, 3.05) is 0 Å². The molecular weight excluding hydrogens is 259 g/mol. The Morgan fingerprint density at radius 2 is 1.80 bits per heavy atom. The molecule has 0 saturated carbocycles. The van der Waals surface area contributed by atoms with Gasteiger partial charge in [-0.05, 0) is 0 Å². The Bertz CT molecular complexity index is 541. The normalized spacial score (nSPS) is 12.3. The standard InChI is InChI=1S/C14H11.Zr/c1-10-5-4-8-13-12-7-3-2-6-11(12)9-14(10)13;/h2-4,6-8H,9H2,1H3;. The number of hydrogen-bond donors (Lipinski definition) is 0. The summed E-state index contributed by atoms with van der Waals surface area (Å²) in [6.45, 7) is 2.26. The molecule has 0 nitrogen and oxygen atoms in total. The van der Waals surface area contributed by atoms with Gasteiger partial charge in [0, 0.05) is 0 Å². The molecule has 0 radical (unpaired) electrons. The molecule has 0 heterocycles. The Labute approximate surface area is 105 Å². The first-order valence-electron chi connectivity index (χ1n) is 5.20. The first-order chi connectivity index (χ1) is 7.27. The molecule has 0 spiro atoms. The minimum absolute atomic E-state index is 1.12. The zero-order valence-corrected chi connectivity index (χ0v) is 11.1. The van der Waals surface area contributed by atoms with Crippen molar-refractivity contribution in [2.24, 2.45) is 0 Å². The van der Waals surface area contributed by atoms with Crippen molar-refractivity contribution in [1.82, 2.24) is 0 Å². The van der Waals surface area contributed by atoms with E-state index < -0.39 is 0 Å². The van der Waals surface area contributed by atoms with Crippen LogP contribution in [-0.2, 0) is 31.1 Å². The van der Waals surface area contributed by atoms with Crippen LogP contribution in [0.2, 0.25) is 0 Å². The molecule has 0 atom stereocenters. The van der Waals surface area contributed by atoms with Crippen LogP contribution in [0.4, 0.5) is 0 Å². The van der Waals surface area contributed by atoms with Crippen molar-refractivity contribution in [2.45, 2.75) is 13.3 Å². The molecule has 0 amide bonds. The maximum absolute atomic E-state index is 2.29. The van der Waals surface area contributed by atoms with Crippen LogP contribution in [0, 0.1) is 6.92 Å². The number of benzene rings is 2. The van der Waals surface area contributed by atoms with E-state index in [9.17, 15) is 0 Å². The van der Waals surface area contributed by atoms with Crippen LogP contribution in [-0.4, -0.2) is 0 Å². The van der Waals surface area contributed by atoms with Crippen LogP contribution >= 0.6 is 0 Å². The van der Waals surface area contributed by atoms with Crippen molar-refractivity contribution < 1.29 is 24.7 Å². The summed E-state index contributed by atoms with van der Waals surface area (Å²) in [5, 5.41) is 0. The molecule has 3 rings (SSSR count). The second kappa shape index (κ2) is 3.42. The maximum atomic E-state index is 2.29. The molecule has 1 aliphatic rings. The van der Waals surface area contributed by atoms with Crippen molar-refractivity contribution in [3.8, 4) is 11.1 Å². The van der Waals surface area contributed by atoms with Gasteiger partial charge in [-0.15, -0.1) is 0 Å². The van der Waals surface area contributed by atoms with E-state index in [1.54, 1.807) is 5.56 Å². The molecule has 1 aliphatic carbocycles. The van der Waals surface area contributed by atoms with E-state index in [4.69, 9.17) is 0 Å². The first-order valence-corrected chi connectivity index (χ1v) is 6.42. The van der Waals surface area contributed by atoms with E-state index in [1.165, 1.54) is 50.2 Å². The van der Waals surface area contributed by atoms with Crippen molar-refractivity contribution >= 4 is 3.27 Å². The molecule has 0 fully saturated rings. The number of fused-ring (bicyclic) bond motifs is 3. The Hall–Kier alpha value is -0.677. The molecular formula is C14H11Zr. The van der Waals surface area contributed by atoms with Gasteiger partial charge in [0.15, 0.2) is 0 Å². The Balaban J connectivity index is 2.31. The van der Waals surface area contributed by atoms with E-state index in [0.717, 1.165) is 6.42 Å². The molecule has 71 valence electrons. The van der Waals surface area contributed by atoms with Crippen LogP contribution in [0.3, 0.4) is 0 Å². The van der Waals surface area contributed by atoms with Gasteiger partial charge in [-0.1, -0.05) is 0 Å². The topological polar surface area (TPSA) is 0 Å². The fraction of sp³-hybridized carbons (Fsp3) is 0.143. The van der Waals surface area contributed by atoms with Crippen LogP contribution in [0.5, 0.6) is 0 Å². The molecule has 0 saturated heterocycles. The van der Waals surface area contributed by atoms with Crippen molar-refractivity contribution in [1.29, 1.82) is 0 Å². The van der Waals surface area contributed by atoms with E-state index in [2.05, 4.69) is 43.3 Å². The quantitative estimate of drug-likeness (QED) is 0.589.